The summed E-state index contributed by atoms with van der Waals surface area (Å²) in [7, 11) is 0. The van der Waals surface area contributed by atoms with Gasteiger partial charge in [0.25, 0.3) is 0 Å². The second-order valence-corrected chi connectivity index (χ2v) is 6.08. The molecule has 8 heteroatoms. The number of ether oxygens (including phenoxy) is 1. The Morgan fingerprint density at radius 1 is 1.15 bits per heavy atom. The van der Waals surface area contributed by atoms with E-state index in [2.05, 4.69) is 25.3 Å². The number of nitrogens with one attached hydrogen (secondary N) is 1. The molecule has 0 fully saturated rings. The van der Waals surface area contributed by atoms with Crippen LogP contribution in [-0.4, -0.2) is 32.5 Å². The van der Waals surface area contributed by atoms with Crippen molar-refractivity contribution in [3.63, 3.8) is 0 Å². The van der Waals surface area contributed by atoms with Gasteiger partial charge in [-0.05, 0) is 49.6 Å². The lowest BCUT2D eigenvalue weighted by molar-refractivity contribution is 0.0526. The SMILES string of the molecule is CCOC(=O)c1ccc(Nc2ncc3c(n2)CCc2cnc(N)nc2-3)cc1. The summed E-state index contributed by atoms with van der Waals surface area (Å²) in [6.07, 6.45) is 5.11. The van der Waals surface area contributed by atoms with Crippen molar-refractivity contribution in [3.05, 3.63) is 53.5 Å². The zero-order chi connectivity index (χ0) is 18.8. The predicted octanol–water partition coefficient (Wildman–Crippen LogP) is 2.53. The molecule has 3 N–H and O–H groups in total. The van der Waals surface area contributed by atoms with E-state index in [-0.39, 0.29) is 11.9 Å². The molecule has 0 radical (unpaired) electrons. The van der Waals surface area contributed by atoms with E-state index >= 15 is 0 Å². The summed E-state index contributed by atoms with van der Waals surface area (Å²) < 4.78 is 4.98. The largest absolute Gasteiger partial charge is 0.462 e. The van der Waals surface area contributed by atoms with Crippen molar-refractivity contribution in [2.75, 3.05) is 17.7 Å². The third kappa shape index (κ3) is 3.41. The highest BCUT2D eigenvalue weighted by atomic mass is 16.5. The van der Waals surface area contributed by atoms with Crippen LogP contribution >= 0.6 is 0 Å². The molecule has 0 unspecified atom stereocenters. The summed E-state index contributed by atoms with van der Waals surface area (Å²) in [6, 6.07) is 6.99. The summed E-state index contributed by atoms with van der Waals surface area (Å²) in [6.45, 7) is 2.13. The van der Waals surface area contributed by atoms with Crippen LogP contribution < -0.4 is 11.1 Å². The van der Waals surface area contributed by atoms with E-state index in [1.54, 1.807) is 43.6 Å². The number of carbonyl (C=O) groups excluding carboxylic acids is 1. The third-order valence-electron chi connectivity index (χ3n) is 4.29. The van der Waals surface area contributed by atoms with Crippen molar-refractivity contribution in [2.45, 2.75) is 19.8 Å². The molecule has 0 saturated heterocycles. The van der Waals surface area contributed by atoms with E-state index in [1.165, 1.54) is 0 Å². The average Bonchev–Trinajstić information content (AvgIpc) is 2.68. The molecule has 0 spiro atoms. The molecular formula is C19H18N6O2. The second-order valence-electron chi connectivity index (χ2n) is 6.08. The molecule has 27 heavy (non-hydrogen) atoms. The number of hydrogen-bond acceptors (Lipinski definition) is 8. The molecule has 8 nitrogen and oxygen atoms in total. The van der Waals surface area contributed by atoms with Gasteiger partial charge in [-0.15, -0.1) is 0 Å². The van der Waals surface area contributed by atoms with Crippen LogP contribution in [0, 0.1) is 0 Å². The molecule has 2 heterocycles. The maximum Gasteiger partial charge on any atom is 0.338 e. The van der Waals surface area contributed by atoms with Gasteiger partial charge in [0.05, 0.1) is 23.6 Å². The topological polar surface area (TPSA) is 116 Å². The number of hydrogen-bond donors (Lipinski definition) is 2. The van der Waals surface area contributed by atoms with Crippen molar-refractivity contribution in [1.29, 1.82) is 0 Å². The number of nitrogens with zero attached hydrogens (tertiary/aromatic N) is 4. The summed E-state index contributed by atoms with van der Waals surface area (Å²) in [5.41, 5.74) is 10.7. The number of nitrogens with two attached hydrogens (primary N) is 1. The van der Waals surface area contributed by atoms with Gasteiger partial charge in [-0.1, -0.05) is 0 Å². The molecule has 0 saturated carbocycles. The van der Waals surface area contributed by atoms with Gasteiger partial charge in [0.1, 0.15) is 0 Å². The van der Waals surface area contributed by atoms with E-state index in [9.17, 15) is 4.79 Å². The van der Waals surface area contributed by atoms with Crippen LogP contribution in [0.3, 0.4) is 0 Å². The minimum Gasteiger partial charge on any atom is -0.462 e. The molecule has 2 aromatic heterocycles. The molecule has 0 bridgehead atoms. The summed E-state index contributed by atoms with van der Waals surface area (Å²) >= 11 is 0. The molecule has 1 aromatic carbocycles. The number of benzene rings is 1. The highest BCUT2D eigenvalue weighted by molar-refractivity contribution is 5.89. The Morgan fingerprint density at radius 2 is 1.96 bits per heavy atom. The molecule has 1 aliphatic rings. The lowest BCUT2D eigenvalue weighted by Crippen LogP contribution is -2.12. The molecule has 136 valence electrons. The Kier molecular flexibility index (Phi) is 4.37. The van der Waals surface area contributed by atoms with E-state index in [4.69, 9.17) is 10.5 Å². The van der Waals surface area contributed by atoms with Crippen LogP contribution in [0.15, 0.2) is 36.7 Å². The first-order valence-corrected chi connectivity index (χ1v) is 8.66. The van der Waals surface area contributed by atoms with Crippen LogP contribution in [0.25, 0.3) is 11.3 Å². The number of anilines is 3. The Balaban J connectivity index is 1.56. The number of nitrogen functional groups attached to an aromatic ring is 1. The molecule has 0 aliphatic heterocycles. The molecule has 4 rings (SSSR count). The number of carbonyl (C=O) groups is 1. The van der Waals surface area contributed by atoms with Gasteiger partial charge < -0.3 is 15.8 Å². The van der Waals surface area contributed by atoms with Crippen LogP contribution in [-0.2, 0) is 17.6 Å². The minimum absolute atomic E-state index is 0.241. The smallest absolute Gasteiger partial charge is 0.338 e. The van der Waals surface area contributed by atoms with Crippen LogP contribution in [0.1, 0.15) is 28.5 Å². The zero-order valence-corrected chi connectivity index (χ0v) is 14.8. The number of fused-ring (bicyclic) bond motifs is 3. The minimum atomic E-state index is -0.339. The lowest BCUT2D eigenvalue weighted by Gasteiger charge is -2.18. The van der Waals surface area contributed by atoms with Crippen LogP contribution in [0.4, 0.5) is 17.6 Å². The third-order valence-corrected chi connectivity index (χ3v) is 4.29. The fourth-order valence-electron chi connectivity index (χ4n) is 2.99. The molecule has 3 aromatic rings. The maximum absolute atomic E-state index is 11.7. The normalized spacial score (nSPS) is 12.0. The first kappa shape index (κ1) is 16.9. The molecule has 1 aliphatic carbocycles. The Labute approximate surface area is 155 Å². The van der Waals surface area contributed by atoms with Crippen molar-refractivity contribution < 1.29 is 9.53 Å². The molecule has 0 atom stereocenters. The second kappa shape index (κ2) is 6.99. The van der Waals surface area contributed by atoms with Gasteiger partial charge in [-0.25, -0.2) is 24.7 Å². The number of esters is 1. The molecular weight excluding hydrogens is 344 g/mol. The Bertz CT molecular complexity index is 1000. The lowest BCUT2D eigenvalue weighted by atomic mass is 9.95. The fraction of sp³-hybridized carbons (Fsp3) is 0.211. The summed E-state index contributed by atoms with van der Waals surface area (Å²) in [5.74, 6) is 0.391. The van der Waals surface area contributed by atoms with E-state index in [1.807, 2.05) is 0 Å². The monoisotopic (exact) mass is 362 g/mol. The van der Waals surface area contributed by atoms with Crippen LogP contribution in [0.5, 0.6) is 0 Å². The fourth-order valence-corrected chi connectivity index (χ4v) is 2.99. The number of rotatable bonds is 4. The highest BCUT2D eigenvalue weighted by Crippen LogP contribution is 2.31. The zero-order valence-electron chi connectivity index (χ0n) is 14.8. The Morgan fingerprint density at radius 3 is 2.74 bits per heavy atom. The Hall–Kier alpha value is -3.55. The summed E-state index contributed by atoms with van der Waals surface area (Å²) in [4.78, 5) is 29.1. The quantitative estimate of drug-likeness (QED) is 0.680. The summed E-state index contributed by atoms with van der Waals surface area (Å²) in [5, 5.41) is 3.16. The van der Waals surface area contributed by atoms with Crippen LogP contribution in [0.2, 0.25) is 0 Å². The first-order valence-electron chi connectivity index (χ1n) is 8.66. The van der Waals surface area contributed by atoms with E-state index < -0.39 is 0 Å². The first-order chi connectivity index (χ1) is 13.1. The van der Waals surface area contributed by atoms with Crippen molar-refractivity contribution in [3.8, 4) is 11.3 Å². The van der Waals surface area contributed by atoms with Crippen molar-refractivity contribution in [1.82, 2.24) is 19.9 Å². The maximum atomic E-state index is 11.7. The van der Waals surface area contributed by atoms with Gasteiger partial charge >= 0.3 is 5.97 Å². The van der Waals surface area contributed by atoms with Crippen molar-refractivity contribution >= 4 is 23.6 Å². The average molecular weight is 362 g/mol. The molecule has 0 amide bonds. The van der Waals surface area contributed by atoms with E-state index in [0.29, 0.717) is 18.1 Å². The van der Waals surface area contributed by atoms with Gasteiger partial charge in [-0.2, -0.15) is 0 Å². The highest BCUT2D eigenvalue weighted by Gasteiger charge is 2.20. The number of aromatic nitrogens is 4. The standard InChI is InChI=1S/C19H18N6O2/c1-2-27-17(26)11-3-6-13(7-4-11)23-19-22-10-14-15(24-19)8-5-12-9-21-18(20)25-16(12)14/h3-4,6-7,9-10H,2,5,8H2,1H3,(H2,20,21,25)(H,22,23,24). The van der Waals surface area contributed by atoms with Gasteiger partial charge in [0.15, 0.2) is 0 Å². The van der Waals surface area contributed by atoms with Gasteiger partial charge in [-0.3, -0.25) is 0 Å². The van der Waals surface area contributed by atoms with Gasteiger partial charge in [0, 0.05) is 23.6 Å². The predicted molar refractivity (Wildman–Crippen MR) is 101 cm³/mol. The van der Waals surface area contributed by atoms with E-state index in [0.717, 1.165) is 41.0 Å². The number of aryl methyl sites for hydroxylation is 2. The van der Waals surface area contributed by atoms with Gasteiger partial charge in [0.2, 0.25) is 11.9 Å². The van der Waals surface area contributed by atoms with Crippen molar-refractivity contribution in [2.24, 2.45) is 0 Å².